The number of amides is 1. The molecule has 0 unspecified atom stereocenters. The zero-order chi connectivity index (χ0) is 29.1. The number of aryl methyl sites for hydroxylation is 1. The molecule has 1 aromatic heterocycles. The summed E-state index contributed by atoms with van der Waals surface area (Å²) in [5, 5.41) is 9.12. The highest BCUT2D eigenvalue weighted by Crippen LogP contribution is 2.40. The van der Waals surface area contributed by atoms with Gasteiger partial charge in [-0.1, -0.05) is 24.3 Å². The predicted molar refractivity (Wildman–Crippen MR) is 155 cm³/mol. The third-order valence-corrected chi connectivity index (χ3v) is 9.77. The van der Waals surface area contributed by atoms with Crippen LogP contribution in [0.2, 0.25) is 0 Å². The topological polar surface area (TPSA) is 62.7 Å². The van der Waals surface area contributed by atoms with Gasteiger partial charge in [0.05, 0.1) is 18.1 Å². The number of alkyl halides is 3. The van der Waals surface area contributed by atoms with E-state index in [4.69, 9.17) is 4.74 Å². The molecule has 3 aromatic rings. The van der Waals surface area contributed by atoms with Crippen LogP contribution in [0.4, 0.5) is 18.9 Å². The number of methoxy groups -OCH3 is 1. The molecule has 2 saturated carbocycles. The van der Waals surface area contributed by atoms with Crippen molar-refractivity contribution in [2.75, 3.05) is 18.6 Å². The summed E-state index contributed by atoms with van der Waals surface area (Å²) in [5.74, 6) is 1.56. The molecule has 5 nitrogen and oxygen atoms in total. The Labute approximate surface area is 243 Å². The maximum absolute atomic E-state index is 13.9. The average molecular weight is 587 g/mol. The van der Waals surface area contributed by atoms with Gasteiger partial charge >= 0.3 is 6.18 Å². The molecular formula is C32H37F3N2O3S. The summed E-state index contributed by atoms with van der Waals surface area (Å²) < 4.78 is 45.0. The number of thiazole rings is 1. The molecule has 2 fully saturated rings. The van der Waals surface area contributed by atoms with Crippen molar-refractivity contribution >= 4 is 22.9 Å². The third kappa shape index (κ3) is 6.95. The quantitative estimate of drug-likeness (QED) is 0.305. The van der Waals surface area contributed by atoms with Crippen LogP contribution in [0.5, 0.6) is 5.75 Å². The van der Waals surface area contributed by atoms with Crippen LogP contribution in [-0.4, -0.2) is 35.8 Å². The van der Waals surface area contributed by atoms with E-state index in [1.165, 1.54) is 11.8 Å². The summed E-state index contributed by atoms with van der Waals surface area (Å²) in [4.78, 5) is 19.8. The van der Waals surface area contributed by atoms with E-state index in [0.717, 1.165) is 37.0 Å². The Kier molecular flexibility index (Phi) is 9.04. The first-order chi connectivity index (χ1) is 19.6. The highest BCUT2D eigenvalue weighted by molar-refractivity contribution is 7.15. The Bertz CT molecular complexity index is 1340. The number of aliphatic hydroxyl groups excluding tert-OH is 1. The summed E-state index contributed by atoms with van der Waals surface area (Å²) in [6.07, 6.45) is 2.97. The molecule has 0 aliphatic heterocycles. The van der Waals surface area contributed by atoms with Crippen molar-refractivity contribution in [3.8, 4) is 16.2 Å². The molecule has 0 bridgehead atoms. The van der Waals surface area contributed by atoms with Crippen molar-refractivity contribution in [2.45, 2.75) is 76.5 Å². The predicted octanol–water partition coefficient (Wildman–Crippen LogP) is 8.00. The molecule has 0 saturated heterocycles. The first kappa shape index (κ1) is 29.6. The van der Waals surface area contributed by atoms with E-state index < -0.39 is 11.2 Å². The van der Waals surface area contributed by atoms with Gasteiger partial charge in [0.1, 0.15) is 5.75 Å². The largest absolute Gasteiger partial charge is 0.496 e. The second-order valence-electron chi connectivity index (χ2n) is 11.5. The maximum atomic E-state index is 13.9. The molecule has 220 valence electrons. The van der Waals surface area contributed by atoms with Crippen LogP contribution in [0.15, 0.2) is 48.7 Å². The first-order valence-electron chi connectivity index (χ1n) is 14.4. The molecule has 0 spiro atoms. The van der Waals surface area contributed by atoms with Crippen molar-refractivity contribution in [1.29, 1.82) is 0 Å². The molecule has 2 aliphatic rings. The number of nitrogens with zero attached hydrogens (tertiary/aromatic N) is 2. The summed E-state index contributed by atoms with van der Waals surface area (Å²) >= 11 is 0.612. The standard InChI is InChI=1S/C32H37F3N2O3S/c1-20-16-24(12-15-28(20)40-2)22-8-6-21(7-9-22)19-37(30(39)23-10-13-27(38)14-11-23)26-5-3-4-25(17-26)29-18-36-31(41-29)32(33,34)35/h3-5,12,15-18,21-23,27,38H,6-11,13-14,19H2,1-2H3. The molecule has 9 heteroatoms. The van der Waals surface area contributed by atoms with Gasteiger partial charge in [0.25, 0.3) is 0 Å². The number of ether oxygens (including phenoxy) is 1. The van der Waals surface area contributed by atoms with E-state index >= 15 is 0 Å². The summed E-state index contributed by atoms with van der Waals surface area (Å²) in [6.45, 7) is 2.64. The second kappa shape index (κ2) is 12.5. The van der Waals surface area contributed by atoms with Gasteiger partial charge in [-0.2, -0.15) is 13.2 Å². The van der Waals surface area contributed by atoms with E-state index in [0.29, 0.717) is 71.5 Å². The van der Waals surface area contributed by atoms with Crippen LogP contribution in [0.1, 0.15) is 73.4 Å². The first-order valence-corrected chi connectivity index (χ1v) is 15.2. The van der Waals surface area contributed by atoms with Crippen LogP contribution in [0.3, 0.4) is 0 Å². The third-order valence-electron chi connectivity index (χ3n) is 8.68. The van der Waals surface area contributed by atoms with E-state index in [9.17, 15) is 23.1 Å². The molecule has 1 amide bonds. The minimum absolute atomic E-state index is 0.0437. The van der Waals surface area contributed by atoms with Crippen molar-refractivity contribution in [3.63, 3.8) is 0 Å². The summed E-state index contributed by atoms with van der Waals surface area (Å²) in [5.41, 5.74) is 3.77. The average Bonchev–Trinajstić information content (AvgIpc) is 3.48. The summed E-state index contributed by atoms with van der Waals surface area (Å²) in [6, 6.07) is 13.6. The molecule has 0 atom stereocenters. The van der Waals surface area contributed by atoms with E-state index in [2.05, 4.69) is 24.0 Å². The maximum Gasteiger partial charge on any atom is 0.443 e. The monoisotopic (exact) mass is 586 g/mol. The van der Waals surface area contributed by atoms with E-state index in [-0.39, 0.29) is 17.9 Å². The lowest BCUT2D eigenvalue weighted by Gasteiger charge is -2.36. The van der Waals surface area contributed by atoms with Gasteiger partial charge in [-0.05, 0) is 105 Å². The Hall–Kier alpha value is -2.91. The summed E-state index contributed by atoms with van der Waals surface area (Å²) in [7, 11) is 1.68. The Morgan fingerprint density at radius 3 is 2.41 bits per heavy atom. The highest BCUT2D eigenvalue weighted by Gasteiger charge is 2.35. The van der Waals surface area contributed by atoms with Crippen LogP contribution in [0.25, 0.3) is 10.4 Å². The van der Waals surface area contributed by atoms with Crippen LogP contribution in [-0.2, 0) is 11.0 Å². The molecule has 1 N–H and O–H groups in total. The van der Waals surface area contributed by atoms with Gasteiger partial charge in [-0.25, -0.2) is 4.98 Å². The van der Waals surface area contributed by atoms with Gasteiger partial charge in [0, 0.05) is 24.3 Å². The number of halogens is 3. The highest BCUT2D eigenvalue weighted by atomic mass is 32.1. The van der Waals surface area contributed by atoms with Crippen molar-refractivity contribution in [3.05, 3.63) is 64.8 Å². The van der Waals surface area contributed by atoms with Gasteiger partial charge in [0.2, 0.25) is 5.91 Å². The number of benzene rings is 2. The van der Waals surface area contributed by atoms with Crippen LogP contribution in [0, 0.1) is 18.8 Å². The fourth-order valence-electron chi connectivity index (χ4n) is 6.32. The zero-order valence-corrected chi connectivity index (χ0v) is 24.3. The lowest BCUT2D eigenvalue weighted by molar-refractivity contribution is -0.137. The minimum Gasteiger partial charge on any atom is -0.496 e. The van der Waals surface area contributed by atoms with Gasteiger partial charge in [-0.15, -0.1) is 11.3 Å². The Morgan fingerprint density at radius 1 is 1.05 bits per heavy atom. The molecular weight excluding hydrogens is 549 g/mol. The van der Waals surface area contributed by atoms with Gasteiger partial charge in [0.15, 0.2) is 5.01 Å². The minimum atomic E-state index is -4.49. The fraction of sp³-hybridized carbons (Fsp3) is 0.500. The lowest BCUT2D eigenvalue weighted by atomic mass is 9.78. The zero-order valence-electron chi connectivity index (χ0n) is 23.5. The Balaban J connectivity index is 1.34. The number of carbonyl (C=O) groups is 1. The van der Waals surface area contributed by atoms with E-state index in [1.807, 2.05) is 23.1 Å². The smallest absolute Gasteiger partial charge is 0.443 e. The Morgan fingerprint density at radius 2 is 1.78 bits per heavy atom. The normalized spacial score (nSPS) is 23.3. The van der Waals surface area contributed by atoms with Crippen LogP contribution < -0.4 is 9.64 Å². The molecule has 2 aromatic carbocycles. The number of hydrogen-bond acceptors (Lipinski definition) is 5. The number of anilines is 1. The lowest BCUT2D eigenvalue weighted by Crippen LogP contribution is -2.41. The number of aromatic nitrogens is 1. The number of carbonyl (C=O) groups excluding carboxylic acids is 1. The number of hydrogen-bond donors (Lipinski definition) is 1. The molecule has 0 radical (unpaired) electrons. The molecule has 5 rings (SSSR count). The van der Waals surface area contributed by atoms with Crippen molar-refractivity contribution < 1.29 is 27.8 Å². The fourth-order valence-corrected chi connectivity index (χ4v) is 7.10. The molecule has 1 heterocycles. The van der Waals surface area contributed by atoms with Crippen molar-refractivity contribution in [1.82, 2.24) is 4.98 Å². The SMILES string of the molecule is COc1ccc(C2CCC(CN(C(=O)C3CCC(O)CC3)c3cccc(-c4cnc(C(F)(F)F)s4)c3)CC2)cc1C. The van der Waals surface area contributed by atoms with E-state index in [1.54, 1.807) is 19.2 Å². The van der Waals surface area contributed by atoms with Gasteiger partial charge in [-0.3, -0.25) is 4.79 Å². The van der Waals surface area contributed by atoms with Crippen LogP contribution >= 0.6 is 11.3 Å². The van der Waals surface area contributed by atoms with Crippen molar-refractivity contribution in [2.24, 2.45) is 11.8 Å². The van der Waals surface area contributed by atoms with Gasteiger partial charge < -0.3 is 14.7 Å². The number of aliphatic hydroxyl groups is 1. The molecule has 2 aliphatic carbocycles. The number of rotatable bonds is 7. The molecule has 41 heavy (non-hydrogen) atoms. The second-order valence-corrected chi connectivity index (χ2v) is 12.5.